The minimum Gasteiger partial charge on any atom is -0.299 e. The fraction of sp³-hybridized carbons (Fsp3) is 0.944. The van der Waals surface area contributed by atoms with Crippen molar-refractivity contribution < 1.29 is 4.79 Å². The Balaban J connectivity index is 1.50. The van der Waals surface area contributed by atoms with Gasteiger partial charge in [0.15, 0.2) is 0 Å². The van der Waals surface area contributed by atoms with Crippen LogP contribution in [-0.2, 0) is 4.79 Å². The zero-order valence-electron chi connectivity index (χ0n) is 12.8. The molecule has 0 aromatic carbocycles. The Morgan fingerprint density at radius 3 is 2.35 bits per heavy atom. The van der Waals surface area contributed by atoms with Crippen LogP contribution in [-0.4, -0.2) is 17.3 Å². The van der Waals surface area contributed by atoms with E-state index in [0.29, 0.717) is 17.1 Å². The molecule has 0 amide bonds. The van der Waals surface area contributed by atoms with Crippen LogP contribution in [0.2, 0.25) is 0 Å². The van der Waals surface area contributed by atoms with Crippen molar-refractivity contribution in [3.63, 3.8) is 0 Å². The number of carbonyl (C=O) groups excluding carboxylic acids is 1. The molecule has 1 nitrogen and oxygen atoms in total. The topological polar surface area (TPSA) is 17.1 Å². The molecule has 4 aliphatic carbocycles. The minimum absolute atomic E-state index is 0.128. The third-order valence-electron chi connectivity index (χ3n) is 6.76. The molecule has 0 radical (unpaired) electrons. The third kappa shape index (κ3) is 2.26. The number of hydrogen-bond donors (Lipinski definition) is 0. The van der Waals surface area contributed by atoms with E-state index in [1.807, 2.05) is 0 Å². The maximum absolute atomic E-state index is 13.1. The lowest BCUT2D eigenvalue weighted by atomic mass is 9.43. The fourth-order valence-corrected chi connectivity index (χ4v) is 7.68. The van der Waals surface area contributed by atoms with Crippen LogP contribution in [0.25, 0.3) is 0 Å². The molecule has 2 atom stereocenters. The molecule has 0 aromatic rings. The molecule has 1 aliphatic heterocycles. The first-order chi connectivity index (χ1) is 9.57. The van der Waals surface area contributed by atoms with Gasteiger partial charge in [0.1, 0.15) is 5.78 Å². The standard InChI is InChI=1S/C18H28OS/c1-17-8-14-6-15(9-17)11-18(10-14,12-17)16(19)7-13-2-4-20-5-3-13/h13-15H,2-12H2,1H3. The highest BCUT2D eigenvalue weighted by Crippen LogP contribution is 2.65. The molecule has 2 unspecified atom stereocenters. The summed E-state index contributed by atoms with van der Waals surface area (Å²) in [5, 5.41) is 0. The van der Waals surface area contributed by atoms with E-state index >= 15 is 0 Å². The second-order valence-corrected chi connectivity index (χ2v) is 9.96. The molecule has 0 spiro atoms. The van der Waals surface area contributed by atoms with Gasteiger partial charge in [0.25, 0.3) is 0 Å². The summed E-state index contributed by atoms with van der Waals surface area (Å²) >= 11 is 2.07. The minimum atomic E-state index is 0.128. The molecule has 20 heavy (non-hydrogen) atoms. The lowest BCUT2D eigenvalue weighted by molar-refractivity contribution is -0.154. The van der Waals surface area contributed by atoms with Gasteiger partial charge in [-0.25, -0.2) is 0 Å². The highest BCUT2D eigenvalue weighted by molar-refractivity contribution is 7.99. The molecule has 4 bridgehead atoms. The quantitative estimate of drug-likeness (QED) is 0.750. The summed E-state index contributed by atoms with van der Waals surface area (Å²) in [6.07, 6.45) is 11.5. The lowest BCUT2D eigenvalue weighted by Crippen LogP contribution is -2.54. The predicted octanol–water partition coefficient (Wildman–Crippen LogP) is 4.70. The molecule has 112 valence electrons. The van der Waals surface area contributed by atoms with Gasteiger partial charge in [-0.2, -0.15) is 11.8 Å². The van der Waals surface area contributed by atoms with E-state index in [1.165, 1.54) is 62.9 Å². The highest BCUT2D eigenvalue weighted by atomic mass is 32.2. The lowest BCUT2D eigenvalue weighted by Gasteiger charge is -2.60. The van der Waals surface area contributed by atoms with Gasteiger partial charge in [0.2, 0.25) is 0 Å². The number of hydrogen-bond acceptors (Lipinski definition) is 2. The molecular formula is C18H28OS. The van der Waals surface area contributed by atoms with Crippen LogP contribution in [0.3, 0.4) is 0 Å². The summed E-state index contributed by atoms with van der Waals surface area (Å²) in [5.74, 6) is 5.72. The summed E-state index contributed by atoms with van der Waals surface area (Å²) in [7, 11) is 0. The normalized spacial score (nSPS) is 47.6. The molecule has 2 heteroatoms. The molecule has 1 heterocycles. The van der Waals surface area contributed by atoms with Crippen molar-refractivity contribution in [2.75, 3.05) is 11.5 Å². The number of carbonyl (C=O) groups is 1. The van der Waals surface area contributed by atoms with Crippen molar-refractivity contribution >= 4 is 17.5 Å². The van der Waals surface area contributed by atoms with Crippen molar-refractivity contribution in [3.8, 4) is 0 Å². The Labute approximate surface area is 127 Å². The summed E-state index contributed by atoms with van der Waals surface area (Å²) in [5.41, 5.74) is 0.644. The first-order valence-electron chi connectivity index (χ1n) is 8.68. The van der Waals surface area contributed by atoms with Crippen LogP contribution in [0.15, 0.2) is 0 Å². The predicted molar refractivity (Wildman–Crippen MR) is 84.9 cm³/mol. The second kappa shape index (κ2) is 4.76. The van der Waals surface area contributed by atoms with E-state index < -0.39 is 0 Å². The molecule has 5 fully saturated rings. The van der Waals surface area contributed by atoms with E-state index in [2.05, 4.69) is 18.7 Å². The first-order valence-corrected chi connectivity index (χ1v) is 9.84. The van der Waals surface area contributed by atoms with Gasteiger partial charge >= 0.3 is 0 Å². The summed E-state index contributed by atoms with van der Waals surface area (Å²) in [4.78, 5) is 13.1. The molecule has 0 aromatic heterocycles. The van der Waals surface area contributed by atoms with Crippen molar-refractivity contribution in [2.45, 2.75) is 64.7 Å². The first kappa shape index (κ1) is 13.7. The van der Waals surface area contributed by atoms with Gasteiger partial charge < -0.3 is 0 Å². The van der Waals surface area contributed by atoms with Gasteiger partial charge in [0.05, 0.1) is 0 Å². The summed E-state index contributed by atoms with van der Waals surface area (Å²) in [6.45, 7) is 2.48. The molecule has 5 aliphatic rings. The maximum Gasteiger partial charge on any atom is 0.139 e. The van der Waals surface area contributed by atoms with Gasteiger partial charge in [-0.1, -0.05) is 6.92 Å². The molecule has 4 saturated carbocycles. The number of Topliss-reactive ketones (excluding diaryl/α,β-unsaturated/α-hetero) is 1. The largest absolute Gasteiger partial charge is 0.299 e. The Hall–Kier alpha value is 0.0200. The number of ketones is 1. The van der Waals surface area contributed by atoms with Crippen LogP contribution < -0.4 is 0 Å². The van der Waals surface area contributed by atoms with Gasteiger partial charge in [-0.3, -0.25) is 4.79 Å². The average molecular weight is 292 g/mol. The van der Waals surface area contributed by atoms with Crippen LogP contribution >= 0.6 is 11.8 Å². The van der Waals surface area contributed by atoms with Gasteiger partial charge in [-0.15, -0.1) is 0 Å². The molecule has 0 N–H and O–H groups in total. The van der Waals surface area contributed by atoms with Crippen LogP contribution in [0.5, 0.6) is 0 Å². The zero-order chi connectivity index (χ0) is 13.8. The fourth-order valence-electron chi connectivity index (χ4n) is 6.48. The highest BCUT2D eigenvalue weighted by Gasteiger charge is 2.58. The van der Waals surface area contributed by atoms with E-state index in [0.717, 1.165) is 18.3 Å². The molecule has 1 saturated heterocycles. The Kier molecular flexibility index (Phi) is 3.25. The van der Waals surface area contributed by atoms with E-state index in [4.69, 9.17) is 0 Å². The van der Waals surface area contributed by atoms with Crippen molar-refractivity contribution in [1.29, 1.82) is 0 Å². The Morgan fingerprint density at radius 1 is 1.10 bits per heavy atom. The molecule has 5 rings (SSSR count). The van der Waals surface area contributed by atoms with E-state index in [-0.39, 0.29) is 5.41 Å². The van der Waals surface area contributed by atoms with Crippen molar-refractivity contribution in [2.24, 2.45) is 28.6 Å². The van der Waals surface area contributed by atoms with Crippen molar-refractivity contribution in [3.05, 3.63) is 0 Å². The van der Waals surface area contributed by atoms with E-state index in [1.54, 1.807) is 0 Å². The van der Waals surface area contributed by atoms with Crippen LogP contribution in [0.1, 0.15) is 64.7 Å². The van der Waals surface area contributed by atoms with Crippen molar-refractivity contribution in [1.82, 2.24) is 0 Å². The van der Waals surface area contributed by atoms with Gasteiger partial charge in [-0.05, 0) is 86.0 Å². The monoisotopic (exact) mass is 292 g/mol. The van der Waals surface area contributed by atoms with E-state index in [9.17, 15) is 4.79 Å². The number of thioether (sulfide) groups is 1. The SMILES string of the molecule is CC12CC3CC(C1)CC(C(=O)CC1CCSCC1)(C3)C2. The summed E-state index contributed by atoms with van der Waals surface area (Å²) < 4.78 is 0. The second-order valence-electron chi connectivity index (χ2n) is 8.74. The van der Waals surface area contributed by atoms with Crippen LogP contribution in [0, 0.1) is 28.6 Å². The van der Waals surface area contributed by atoms with Crippen LogP contribution in [0.4, 0.5) is 0 Å². The maximum atomic E-state index is 13.1. The smallest absolute Gasteiger partial charge is 0.139 e. The average Bonchev–Trinajstić information content (AvgIpc) is 2.37. The Morgan fingerprint density at radius 2 is 1.75 bits per heavy atom. The third-order valence-corrected chi connectivity index (χ3v) is 7.81. The summed E-state index contributed by atoms with van der Waals surface area (Å²) in [6, 6.07) is 0. The number of rotatable bonds is 3. The molecular weight excluding hydrogens is 264 g/mol. The zero-order valence-corrected chi connectivity index (χ0v) is 13.6. The van der Waals surface area contributed by atoms with Gasteiger partial charge in [0, 0.05) is 11.8 Å². The Bertz CT molecular complexity index is 396.